The number of nitrogens with zero attached hydrogens (tertiary/aromatic N) is 4. The minimum absolute atomic E-state index is 0.107. The van der Waals surface area contributed by atoms with E-state index in [0.717, 1.165) is 6.07 Å². The summed E-state index contributed by atoms with van der Waals surface area (Å²) < 4.78 is 76.6. The number of halogens is 7. The number of hydrogen-bond donors (Lipinski definition) is 0. The Hall–Kier alpha value is -1.58. The van der Waals surface area contributed by atoms with Gasteiger partial charge >= 0.3 is 12.4 Å². The van der Waals surface area contributed by atoms with Crippen LogP contribution in [-0.4, -0.2) is 31.9 Å². The minimum Gasteiger partial charge on any atom is -0.266 e. The van der Waals surface area contributed by atoms with Crippen molar-refractivity contribution in [1.82, 2.24) is 19.6 Å². The Morgan fingerprint density at radius 1 is 1.10 bits per heavy atom. The molecule has 0 saturated heterocycles. The van der Waals surface area contributed by atoms with Gasteiger partial charge in [-0.1, -0.05) is 11.6 Å². The van der Waals surface area contributed by atoms with Crippen molar-refractivity contribution in [3.05, 3.63) is 22.9 Å². The lowest BCUT2D eigenvalue weighted by Crippen LogP contribution is -2.35. The average molecular weight is 319 g/mol. The molecule has 0 aliphatic rings. The quantitative estimate of drug-likeness (QED) is 0.598. The van der Waals surface area contributed by atoms with Gasteiger partial charge in [-0.05, 0) is 6.92 Å². The third-order valence-corrected chi connectivity index (χ3v) is 2.66. The zero-order chi connectivity index (χ0) is 15.3. The topological polar surface area (TPSA) is 43.1 Å². The van der Waals surface area contributed by atoms with Crippen LogP contribution >= 0.6 is 11.6 Å². The molecule has 0 bridgehead atoms. The van der Waals surface area contributed by atoms with Gasteiger partial charge in [-0.3, -0.25) is 4.40 Å². The van der Waals surface area contributed by atoms with E-state index in [2.05, 4.69) is 15.2 Å². The fourth-order valence-corrected chi connectivity index (χ4v) is 1.96. The van der Waals surface area contributed by atoms with Gasteiger partial charge in [0.05, 0.1) is 0 Å². The molecule has 20 heavy (non-hydrogen) atoms. The van der Waals surface area contributed by atoms with E-state index in [4.69, 9.17) is 11.6 Å². The molecule has 0 spiro atoms. The van der Waals surface area contributed by atoms with Crippen molar-refractivity contribution >= 4 is 17.2 Å². The maximum Gasteiger partial charge on any atom is 0.407 e. The SMILES string of the molecule is Cc1nc(Cl)cc2nnc(C(C(F)(F)F)C(F)(F)F)n12. The molecule has 0 unspecified atom stereocenters. The zero-order valence-electron chi connectivity index (χ0n) is 9.59. The minimum atomic E-state index is -5.55. The van der Waals surface area contributed by atoms with Gasteiger partial charge in [0.2, 0.25) is 5.92 Å². The molecule has 2 rings (SSSR count). The molecule has 0 aliphatic heterocycles. The third-order valence-electron chi connectivity index (χ3n) is 2.47. The molecule has 0 atom stereocenters. The Morgan fingerprint density at radius 3 is 2.15 bits per heavy atom. The maximum atomic E-state index is 12.7. The van der Waals surface area contributed by atoms with Gasteiger partial charge in [-0.25, -0.2) is 4.98 Å². The first-order valence-electron chi connectivity index (χ1n) is 5.03. The molecular weight excluding hydrogens is 314 g/mol. The second kappa shape index (κ2) is 4.47. The molecule has 0 amide bonds. The Kier molecular flexibility index (Phi) is 3.31. The molecule has 2 aromatic rings. The van der Waals surface area contributed by atoms with Gasteiger partial charge in [0.1, 0.15) is 11.0 Å². The first-order valence-corrected chi connectivity index (χ1v) is 5.41. The monoisotopic (exact) mass is 318 g/mol. The summed E-state index contributed by atoms with van der Waals surface area (Å²) in [6.07, 6.45) is -11.1. The van der Waals surface area contributed by atoms with Crippen LogP contribution in [0.25, 0.3) is 5.65 Å². The predicted octanol–water partition coefficient (Wildman–Crippen LogP) is 3.29. The molecule has 2 heterocycles. The van der Waals surface area contributed by atoms with E-state index >= 15 is 0 Å². The third kappa shape index (κ3) is 2.51. The normalized spacial score (nSPS) is 13.4. The largest absolute Gasteiger partial charge is 0.407 e. The van der Waals surface area contributed by atoms with E-state index in [-0.39, 0.29) is 16.6 Å². The molecule has 0 N–H and O–H groups in total. The summed E-state index contributed by atoms with van der Waals surface area (Å²) >= 11 is 5.56. The molecule has 0 fully saturated rings. The van der Waals surface area contributed by atoms with Crippen molar-refractivity contribution in [2.45, 2.75) is 25.2 Å². The molecule has 0 aliphatic carbocycles. The van der Waals surface area contributed by atoms with Crippen molar-refractivity contribution in [2.24, 2.45) is 0 Å². The highest BCUT2D eigenvalue weighted by Crippen LogP contribution is 2.45. The Labute approximate surface area is 112 Å². The summed E-state index contributed by atoms with van der Waals surface area (Å²) in [6.45, 7) is 1.20. The van der Waals surface area contributed by atoms with Crippen LogP contribution in [0.4, 0.5) is 26.3 Å². The van der Waals surface area contributed by atoms with Crippen LogP contribution in [0.3, 0.4) is 0 Å². The van der Waals surface area contributed by atoms with Crippen molar-refractivity contribution in [3.63, 3.8) is 0 Å². The van der Waals surface area contributed by atoms with Crippen molar-refractivity contribution < 1.29 is 26.3 Å². The lowest BCUT2D eigenvalue weighted by molar-refractivity contribution is -0.255. The molecule has 0 radical (unpaired) electrons. The summed E-state index contributed by atoms with van der Waals surface area (Å²) in [5.74, 6) is -5.21. The first kappa shape index (κ1) is 14.8. The van der Waals surface area contributed by atoms with E-state index in [9.17, 15) is 26.3 Å². The maximum absolute atomic E-state index is 12.7. The van der Waals surface area contributed by atoms with Gasteiger partial charge in [-0.15, -0.1) is 10.2 Å². The van der Waals surface area contributed by atoms with Crippen molar-refractivity contribution in [1.29, 1.82) is 0 Å². The van der Waals surface area contributed by atoms with Gasteiger partial charge in [0.25, 0.3) is 0 Å². The Bertz CT molecular complexity index is 632. The predicted molar refractivity (Wildman–Crippen MR) is 55.4 cm³/mol. The fourth-order valence-electron chi connectivity index (χ4n) is 1.74. The second-order valence-corrected chi connectivity index (χ2v) is 4.28. The van der Waals surface area contributed by atoms with Gasteiger partial charge < -0.3 is 0 Å². The van der Waals surface area contributed by atoms with Crippen molar-refractivity contribution in [2.75, 3.05) is 0 Å². The molecule has 110 valence electrons. The van der Waals surface area contributed by atoms with E-state index in [1.165, 1.54) is 6.92 Å². The smallest absolute Gasteiger partial charge is 0.266 e. The van der Waals surface area contributed by atoms with Crippen LogP contribution in [0.15, 0.2) is 6.07 Å². The summed E-state index contributed by atoms with van der Waals surface area (Å²) in [5.41, 5.74) is -0.240. The number of hydrogen-bond acceptors (Lipinski definition) is 3. The molecule has 2 aromatic heterocycles. The number of alkyl halides is 6. The average Bonchev–Trinajstić information content (AvgIpc) is 2.56. The fraction of sp³-hybridized carbons (Fsp3) is 0.444. The second-order valence-electron chi connectivity index (χ2n) is 3.89. The molecule has 0 saturated carbocycles. The van der Waals surface area contributed by atoms with E-state index in [1.807, 2.05) is 0 Å². The van der Waals surface area contributed by atoms with Crippen LogP contribution in [-0.2, 0) is 0 Å². The highest BCUT2D eigenvalue weighted by molar-refractivity contribution is 6.29. The summed E-state index contributed by atoms with van der Waals surface area (Å²) in [7, 11) is 0. The van der Waals surface area contributed by atoms with Gasteiger partial charge in [0.15, 0.2) is 11.5 Å². The van der Waals surface area contributed by atoms with E-state index in [1.54, 1.807) is 0 Å². The van der Waals surface area contributed by atoms with E-state index < -0.39 is 24.1 Å². The number of rotatable bonds is 1. The summed E-state index contributed by atoms with van der Waals surface area (Å²) in [4.78, 5) is 3.59. The lowest BCUT2D eigenvalue weighted by Gasteiger charge is -2.21. The van der Waals surface area contributed by atoms with Crippen LogP contribution in [0.1, 0.15) is 17.6 Å². The summed E-state index contributed by atoms with van der Waals surface area (Å²) in [6, 6.07) is 1.02. The van der Waals surface area contributed by atoms with Gasteiger partial charge in [-0.2, -0.15) is 26.3 Å². The van der Waals surface area contributed by atoms with Crippen LogP contribution in [0.5, 0.6) is 0 Å². The Balaban J connectivity index is 2.73. The van der Waals surface area contributed by atoms with Crippen LogP contribution in [0.2, 0.25) is 5.15 Å². The first-order chi connectivity index (χ1) is 9.01. The standard InChI is InChI=1S/C9H5ClF6N4/c1-3-17-4(10)2-5-18-19-7(20(3)5)6(8(11,12)13)9(14,15)16/h2,6H,1H3. The molecule has 11 heteroatoms. The van der Waals surface area contributed by atoms with Crippen LogP contribution < -0.4 is 0 Å². The molecule has 4 nitrogen and oxygen atoms in total. The number of aromatic nitrogens is 4. The molecular formula is C9H5ClF6N4. The highest BCUT2D eigenvalue weighted by Gasteiger charge is 2.60. The van der Waals surface area contributed by atoms with Crippen LogP contribution in [0, 0.1) is 6.92 Å². The zero-order valence-corrected chi connectivity index (χ0v) is 10.3. The number of fused-ring (bicyclic) bond motifs is 1. The van der Waals surface area contributed by atoms with E-state index in [0.29, 0.717) is 4.40 Å². The summed E-state index contributed by atoms with van der Waals surface area (Å²) in [5, 5.41) is 6.17. The van der Waals surface area contributed by atoms with Crippen molar-refractivity contribution in [3.8, 4) is 0 Å². The van der Waals surface area contributed by atoms with Gasteiger partial charge in [0, 0.05) is 6.07 Å². The lowest BCUT2D eigenvalue weighted by atomic mass is 10.1. The Morgan fingerprint density at radius 2 is 1.65 bits per heavy atom. The molecule has 0 aromatic carbocycles. The highest BCUT2D eigenvalue weighted by atomic mass is 35.5. The number of aryl methyl sites for hydroxylation is 1.